The van der Waals surface area contributed by atoms with Gasteiger partial charge in [0.05, 0.1) is 28.7 Å². The number of hydrogen-bond acceptors (Lipinski definition) is 4. The van der Waals surface area contributed by atoms with Crippen molar-refractivity contribution in [3.05, 3.63) is 38.8 Å². The molecule has 0 aliphatic rings. The molecule has 0 aliphatic heterocycles. The molecule has 6 heteroatoms. The Bertz CT molecular complexity index is 505. The van der Waals surface area contributed by atoms with Crippen molar-refractivity contribution >= 4 is 49.4 Å². The molecule has 0 aromatic heterocycles. The van der Waals surface area contributed by atoms with Crippen LogP contribution in [0.4, 0.5) is 0 Å². The lowest BCUT2D eigenvalue weighted by Crippen LogP contribution is -2.10. The van der Waals surface area contributed by atoms with E-state index in [9.17, 15) is 9.59 Å². The molecular formula is C12H10Br2O4. The Labute approximate surface area is 121 Å². The van der Waals surface area contributed by atoms with Crippen molar-refractivity contribution in [2.75, 3.05) is 14.2 Å². The molecule has 0 N–H and O–H groups in total. The molecule has 0 unspecified atom stereocenters. The first-order valence-corrected chi connectivity index (χ1v) is 6.42. The maximum Gasteiger partial charge on any atom is 0.340 e. The summed E-state index contributed by atoms with van der Waals surface area (Å²) < 4.78 is 9.76. The van der Waals surface area contributed by atoms with Crippen LogP contribution in [0.5, 0.6) is 0 Å². The van der Waals surface area contributed by atoms with E-state index < -0.39 is 11.9 Å². The number of ether oxygens (including phenoxy) is 2. The van der Waals surface area contributed by atoms with Crippen molar-refractivity contribution in [1.29, 1.82) is 0 Å². The molecule has 96 valence electrons. The van der Waals surface area contributed by atoms with Gasteiger partial charge >= 0.3 is 11.9 Å². The number of hydrogen-bond donors (Lipinski definition) is 0. The standard InChI is InChI=1S/C12H10Br2O4/c1-17-11(15)8-6-4-3-5-7(8)9(10(13)14)12(16)18-2/h3-6H,1-2H3. The lowest BCUT2D eigenvalue weighted by Gasteiger charge is -2.10. The molecule has 0 bridgehead atoms. The number of benzene rings is 1. The van der Waals surface area contributed by atoms with Crippen LogP contribution in [0.3, 0.4) is 0 Å². The van der Waals surface area contributed by atoms with Crippen molar-refractivity contribution in [2.24, 2.45) is 0 Å². The third kappa shape index (κ3) is 3.20. The first-order chi connectivity index (χ1) is 8.52. The summed E-state index contributed by atoms with van der Waals surface area (Å²) in [7, 11) is 2.55. The van der Waals surface area contributed by atoms with Gasteiger partial charge in [-0.05, 0) is 37.9 Å². The number of methoxy groups -OCH3 is 2. The van der Waals surface area contributed by atoms with Gasteiger partial charge in [-0.2, -0.15) is 0 Å². The van der Waals surface area contributed by atoms with Gasteiger partial charge in [-0.1, -0.05) is 18.2 Å². The first kappa shape index (κ1) is 14.9. The van der Waals surface area contributed by atoms with E-state index in [4.69, 9.17) is 0 Å². The van der Waals surface area contributed by atoms with Crippen LogP contribution < -0.4 is 0 Å². The normalized spacial score (nSPS) is 9.56. The van der Waals surface area contributed by atoms with Gasteiger partial charge in [-0.15, -0.1) is 0 Å². The zero-order valence-corrected chi connectivity index (χ0v) is 12.9. The van der Waals surface area contributed by atoms with E-state index in [0.29, 0.717) is 8.96 Å². The highest BCUT2D eigenvalue weighted by molar-refractivity contribution is 9.28. The van der Waals surface area contributed by atoms with Crippen molar-refractivity contribution in [2.45, 2.75) is 0 Å². The summed E-state index contributed by atoms with van der Waals surface area (Å²) in [5.74, 6) is -1.08. The smallest absolute Gasteiger partial charge is 0.340 e. The van der Waals surface area contributed by atoms with E-state index in [2.05, 4.69) is 41.3 Å². The van der Waals surface area contributed by atoms with E-state index in [0.717, 1.165) is 0 Å². The fourth-order valence-corrected chi connectivity index (χ4v) is 2.13. The summed E-state index contributed by atoms with van der Waals surface area (Å²) in [4.78, 5) is 23.4. The zero-order valence-electron chi connectivity index (χ0n) is 9.70. The summed E-state index contributed by atoms with van der Waals surface area (Å²) in [6.45, 7) is 0. The number of carbonyl (C=O) groups excluding carboxylic acids is 2. The topological polar surface area (TPSA) is 52.6 Å². The fourth-order valence-electron chi connectivity index (χ4n) is 1.38. The van der Waals surface area contributed by atoms with Gasteiger partial charge < -0.3 is 9.47 Å². The highest BCUT2D eigenvalue weighted by Crippen LogP contribution is 2.30. The van der Waals surface area contributed by atoms with Gasteiger partial charge in [0, 0.05) is 5.56 Å². The van der Waals surface area contributed by atoms with E-state index in [1.54, 1.807) is 24.3 Å². The second kappa shape index (κ2) is 6.70. The monoisotopic (exact) mass is 376 g/mol. The Kier molecular flexibility index (Phi) is 5.55. The second-order valence-electron chi connectivity index (χ2n) is 3.16. The SMILES string of the molecule is COC(=O)C(=C(Br)Br)c1ccccc1C(=O)OC. The Morgan fingerprint density at radius 1 is 1.00 bits per heavy atom. The molecule has 0 saturated carbocycles. The first-order valence-electron chi connectivity index (χ1n) is 4.84. The van der Waals surface area contributed by atoms with E-state index in [-0.39, 0.29) is 11.1 Å². The highest BCUT2D eigenvalue weighted by atomic mass is 79.9. The quantitative estimate of drug-likeness (QED) is 0.600. The predicted octanol–water partition coefficient (Wildman–Crippen LogP) is 3.10. The molecule has 18 heavy (non-hydrogen) atoms. The van der Waals surface area contributed by atoms with Gasteiger partial charge in [0.25, 0.3) is 0 Å². The van der Waals surface area contributed by atoms with E-state index >= 15 is 0 Å². The molecule has 0 heterocycles. The second-order valence-corrected chi connectivity index (χ2v) is 5.81. The summed E-state index contributed by atoms with van der Waals surface area (Å²) in [6, 6.07) is 6.62. The number of rotatable bonds is 3. The molecule has 1 rings (SSSR count). The van der Waals surface area contributed by atoms with Crippen LogP contribution >= 0.6 is 31.9 Å². The Balaban J connectivity index is 3.44. The van der Waals surface area contributed by atoms with Crippen molar-refractivity contribution in [3.63, 3.8) is 0 Å². The van der Waals surface area contributed by atoms with Gasteiger partial charge in [-0.3, -0.25) is 0 Å². The molecule has 0 fully saturated rings. The number of esters is 2. The number of halogens is 2. The van der Waals surface area contributed by atoms with E-state index in [1.165, 1.54) is 14.2 Å². The Morgan fingerprint density at radius 2 is 1.56 bits per heavy atom. The van der Waals surface area contributed by atoms with Crippen molar-refractivity contribution in [1.82, 2.24) is 0 Å². The third-order valence-electron chi connectivity index (χ3n) is 2.18. The van der Waals surface area contributed by atoms with Crippen LogP contribution in [0.1, 0.15) is 15.9 Å². The van der Waals surface area contributed by atoms with Crippen LogP contribution in [-0.4, -0.2) is 26.2 Å². The predicted molar refractivity (Wildman–Crippen MR) is 74.6 cm³/mol. The maximum absolute atomic E-state index is 11.7. The Morgan fingerprint density at radius 3 is 2.00 bits per heavy atom. The van der Waals surface area contributed by atoms with Crippen LogP contribution in [0, 0.1) is 0 Å². The highest BCUT2D eigenvalue weighted by Gasteiger charge is 2.22. The average Bonchev–Trinajstić information content (AvgIpc) is 2.38. The molecule has 0 aliphatic carbocycles. The molecule has 0 amide bonds. The summed E-state index contributed by atoms with van der Waals surface area (Å²) in [6.07, 6.45) is 0. The number of carbonyl (C=O) groups is 2. The summed E-state index contributed by atoms with van der Waals surface area (Å²) >= 11 is 6.34. The minimum absolute atomic E-state index is 0.221. The van der Waals surface area contributed by atoms with Crippen LogP contribution in [0.2, 0.25) is 0 Å². The molecule has 0 atom stereocenters. The third-order valence-corrected chi connectivity index (χ3v) is 2.97. The van der Waals surface area contributed by atoms with Crippen LogP contribution in [0.15, 0.2) is 27.7 Å². The average molecular weight is 378 g/mol. The van der Waals surface area contributed by atoms with Gasteiger partial charge in [0.2, 0.25) is 0 Å². The minimum atomic E-state index is -0.560. The molecule has 1 aromatic carbocycles. The van der Waals surface area contributed by atoms with E-state index in [1.807, 2.05) is 0 Å². The van der Waals surface area contributed by atoms with Crippen molar-refractivity contribution < 1.29 is 19.1 Å². The lowest BCUT2D eigenvalue weighted by atomic mass is 10.0. The minimum Gasteiger partial charge on any atom is -0.465 e. The largest absolute Gasteiger partial charge is 0.465 e. The van der Waals surface area contributed by atoms with Crippen LogP contribution in [-0.2, 0) is 14.3 Å². The molecule has 0 spiro atoms. The van der Waals surface area contributed by atoms with Crippen LogP contribution in [0.25, 0.3) is 5.57 Å². The van der Waals surface area contributed by atoms with Gasteiger partial charge in [0.15, 0.2) is 0 Å². The van der Waals surface area contributed by atoms with Gasteiger partial charge in [-0.25, -0.2) is 9.59 Å². The molecule has 4 nitrogen and oxygen atoms in total. The zero-order chi connectivity index (χ0) is 13.7. The van der Waals surface area contributed by atoms with Gasteiger partial charge in [0.1, 0.15) is 0 Å². The molecule has 0 saturated heterocycles. The van der Waals surface area contributed by atoms with Crippen molar-refractivity contribution in [3.8, 4) is 0 Å². The lowest BCUT2D eigenvalue weighted by molar-refractivity contribution is -0.133. The molecular weight excluding hydrogens is 368 g/mol. The molecule has 1 aromatic rings. The summed E-state index contributed by atoms with van der Waals surface area (Å²) in [5, 5.41) is 0. The maximum atomic E-state index is 11.7. The molecule has 0 radical (unpaired) electrons. The summed E-state index contributed by atoms with van der Waals surface area (Å²) in [5.41, 5.74) is 0.940. The fraction of sp³-hybridized carbons (Fsp3) is 0.167. The Hall–Kier alpha value is -1.14.